The van der Waals surface area contributed by atoms with Crippen LogP contribution in [0.15, 0.2) is 22.7 Å². The van der Waals surface area contributed by atoms with Crippen molar-refractivity contribution >= 4 is 38.8 Å². The van der Waals surface area contributed by atoms with E-state index < -0.39 is 12.1 Å². The minimum atomic E-state index is -4.10. The zero-order valence-corrected chi connectivity index (χ0v) is 13.0. The second-order valence-corrected chi connectivity index (χ2v) is 6.18. The number of benzene rings is 1. The van der Waals surface area contributed by atoms with Crippen molar-refractivity contribution in [2.45, 2.75) is 19.0 Å². The summed E-state index contributed by atoms with van der Waals surface area (Å²) in [5.74, 6) is -1.21. The van der Waals surface area contributed by atoms with Crippen LogP contribution < -0.4 is 10.6 Å². The summed E-state index contributed by atoms with van der Waals surface area (Å²) in [6, 6.07) is 5.46. The van der Waals surface area contributed by atoms with E-state index in [0.717, 1.165) is 10.2 Å². The second-order valence-electron chi connectivity index (χ2n) is 4.83. The Morgan fingerprint density at radius 1 is 1.30 bits per heavy atom. The second kappa shape index (κ2) is 5.89. The largest absolute Gasteiger partial charge is 0.391 e. The van der Waals surface area contributed by atoms with Crippen molar-refractivity contribution in [3.05, 3.63) is 28.2 Å². The summed E-state index contributed by atoms with van der Waals surface area (Å²) in [4.78, 5) is 2.17. The Kier molecular flexibility index (Phi) is 4.59. The lowest BCUT2D eigenvalue weighted by Gasteiger charge is -2.35. The van der Waals surface area contributed by atoms with E-state index in [1.165, 1.54) is 0 Å². The molecule has 0 amide bonds. The van der Waals surface area contributed by atoms with Crippen molar-refractivity contribution in [1.82, 2.24) is 0 Å². The molecule has 0 saturated carbocycles. The first-order valence-electron chi connectivity index (χ1n) is 6.20. The molecule has 0 atom stereocenters. The Balaban J connectivity index is 2.18. The van der Waals surface area contributed by atoms with Crippen molar-refractivity contribution in [2.24, 2.45) is 11.7 Å². The standard InChI is InChI=1S/C13H14BrF3N2S/c14-9-1-2-10(12(18)20)11(7-9)19-5-3-8(4-6-19)13(15,16)17/h1-2,7-8H,3-6H2,(H2,18,20). The Bertz CT molecular complexity index is 511. The fraction of sp³-hybridized carbons (Fsp3) is 0.462. The van der Waals surface area contributed by atoms with Crippen LogP contribution in [0.1, 0.15) is 18.4 Å². The predicted octanol–water partition coefficient (Wildman–Crippen LogP) is 3.86. The van der Waals surface area contributed by atoms with Crippen molar-refractivity contribution in [1.29, 1.82) is 0 Å². The van der Waals surface area contributed by atoms with Gasteiger partial charge in [0, 0.05) is 28.8 Å². The summed E-state index contributed by atoms with van der Waals surface area (Å²) < 4.78 is 38.9. The maximum Gasteiger partial charge on any atom is 0.391 e. The number of thiocarbonyl (C=S) groups is 1. The predicted molar refractivity (Wildman–Crippen MR) is 81.0 cm³/mol. The van der Waals surface area contributed by atoms with Crippen LogP contribution in [0.4, 0.5) is 18.9 Å². The number of rotatable bonds is 2. The Labute approximate surface area is 129 Å². The average Bonchev–Trinajstić information content (AvgIpc) is 2.37. The SMILES string of the molecule is NC(=S)c1ccc(Br)cc1N1CCC(C(F)(F)F)CC1. The molecule has 0 bridgehead atoms. The van der Waals surface area contributed by atoms with Gasteiger partial charge >= 0.3 is 6.18 Å². The van der Waals surface area contributed by atoms with E-state index in [1.807, 2.05) is 17.0 Å². The topological polar surface area (TPSA) is 29.3 Å². The molecule has 0 radical (unpaired) electrons. The van der Waals surface area contributed by atoms with E-state index in [9.17, 15) is 13.2 Å². The first kappa shape index (κ1) is 15.6. The van der Waals surface area contributed by atoms with Gasteiger partial charge in [-0.1, -0.05) is 28.1 Å². The Morgan fingerprint density at radius 2 is 1.90 bits per heavy atom. The van der Waals surface area contributed by atoms with Crippen LogP contribution in [0.25, 0.3) is 0 Å². The van der Waals surface area contributed by atoms with Gasteiger partial charge in [-0.15, -0.1) is 0 Å². The van der Waals surface area contributed by atoms with E-state index in [1.54, 1.807) is 6.07 Å². The van der Waals surface area contributed by atoms with Crippen LogP contribution in [-0.4, -0.2) is 24.3 Å². The summed E-state index contributed by atoms with van der Waals surface area (Å²) in [5.41, 5.74) is 7.18. The molecule has 1 aliphatic rings. The highest BCUT2D eigenvalue weighted by Gasteiger charge is 2.41. The lowest BCUT2D eigenvalue weighted by Crippen LogP contribution is -2.39. The van der Waals surface area contributed by atoms with Gasteiger partial charge in [-0.2, -0.15) is 13.2 Å². The number of halogens is 4. The maximum absolute atomic E-state index is 12.7. The van der Waals surface area contributed by atoms with E-state index in [2.05, 4.69) is 15.9 Å². The number of hydrogen-bond acceptors (Lipinski definition) is 2. The van der Waals surface area contributed by atoms with Crippen LogP contribution >= 0.6 is 28.1 Å². The zero-order valence-electron chi connectivity index (χ0n) is 10.6. The van der Waals surface area contributed by atoms with Gasteiger partial charge in [-0.25, -0.2) is 0 Å². The first-order valence-corrected chi connectivity index (χ1v) is 7.40. The highest BCUT2D eigenvalue weighted by Crippen LogP contribution is 2.36. The van der Waals surface area contributed by atoms with Crippen LogP contribution in [-0.2, 0) is 0 Å². The molecule has 0 aromatic heterocycles. The first-order chi connectivity index (χ1) is 9.29. The quantitative estimate of drug-likeness (QED) is 0.805. The minimum absolute atomic E-state index is 0.104. The van der Waals surface area contributed by atoms with Gasteiger partial charge in [0.15, 0.2) is 0 Å². The summed E-state index contributed by atoms with van der Waals surface area (Å²) >= 11 is 8.37. The highest BCUT2D eigenvalue weighted by molar-refractivity contribution is 9.10. The van der Waals surface area contributed by atoms with Crippen molar-refractivity contribution in [3.8, 4) is 0 Å². The van der Waals surface area contributed by atoms with E-state index in [4.69, 9.17) is 18.0 Å². The number of hydrogen-bond donors (Lipinski definition) is 1. The maximum atomic E-state index is 12.7. The van der Waals surface area contributed by atoms with E-state index in [-0.39, 0.29) is 17.8 Å². The molecular formula is C13H14BrF3N2S. The van der Waals surface area contributed by atoms with Gasteiger partial charge in [0.05, 0.1) is 5.92 Å². The summed E-state index contributed by atoms with van der Waals surface area (Å²) in [6.07, 6.45) is -3.89. The molecule has 1 heterocycles. The molecule has 0 spiro atoms. The molecule has 20 heavy (non-hydrogen) atoms. The zero-order chi connectivity index (χ0) is 14.9. The molecule has 110 valence electrons. The smallest absolute Gasteiger partial charge is 0.389 e. The lowest BCUT2D eigenvalue weighted by molar-refractivity contribution is -0.179. The van der Waals surface area contributed by atoms with Gasteiger partial charge in [0.2, 0.25) is 0 Å². The van der Waals surface area contributed by atoms with Crippen molar-refractivity contribution in [3.63, 3.8) is 0 Å². The Hall–Kier alpha value is -0.820. The normalized spacial score (nSPS) is 17.3. The van der Waals surface area contributed by atoms with Gasteiger partial charge in [-0.05, 0) is 31.0 Å². The monoisotopic (exact) mass is 366 g/mol. The summed E-state index contributed by atoms with van der Waals surface area (Å²) in [6.45, 7) is 0.715. The van der Waals surface area contributed by atoms with Crippen molar-refractivity contribution < 1.29 is 13.2 Å². The molecule has 2 nitrogen and oxygen atoms in total. The van der Waals surface area contributed by atoms with Gasteiger partial charge in [-0.3, -0.25) is 0 Å². The van der Waals surface area contributed by atoms with Crippen LogP contribution in [0, 0.1) is 5.92 Å². The fourth-order valence-corrected chi connectivity index (χ4v) is 2.94. The molecule has 0 unspecified atom stereocenters. The number of anilines is 1. The Morgan fingerprint density at radius 3 is 2.40 bits per heavy atom. The molecule has 1 fully saturated rings. The molecule has 7 heteroatoms. The van der Waals surface area contributed by atoms with Gasteiger partial charge in [0.25, 0.3) is 0 Å². The molecule has 1 saturated heterocycles. The van der Waals surface area contributed by atoms with Crippen molar-refractivity contribution in [2.75, 3.05) is 18.0 Å². The molecular weight excluding hydrogens is 353 g/mol. The molecule has 1 aliphatic heterocycles. The van der Waals surface area contributed by atoms with Gasteiger partial charge in [0.1, 0.15) is 4.99 Å². The van der Waals surface area contributed by atoms with Crippen LogP contribution in [0.5, 0.6) is 0 Å². The number of alkyl halides is 3. The average molecular weight is 367 g/mol. The molecule has 2 rings (SSSR count). The fourth-order valence-electron chi connectivity index (χ4n) is 2.42. The van der Waals surface area contributed by atoms with Gasteiger partial charge < -0.3 is 10.6 Å². The van der Waals surface area contributed by atoms with Crippen LogP contribution in [0.3, 0.4) is 0 Å². The minimum Gasteiger partial charge on any atom is -0.389 e. The van der Waals surface area contributed by atoms with E-state index >= 15 is 0 Å². The third-order valence-electron chi connectivity index (χ3n) is 3.52. The lowest BCUT2D eigenvalue weighted by atomic mass is 9.95. The third kappa shape index (κ3) is 3.44. The molecule has 0 aliphatic carbocycles. The van der Waals surface area contributed by atoms with Crippen LogP contribution in [0.2, 0.25) is 0 Å². The highest BCUT2D eigenvalue weighted by atomic mass is 79.9. The summed E-state index contributed by atoms with van der Waals surface area (Å²) in [5, 5.41) is 0. The summed E-state index contributed by atoms with van der Waals surface area (Å²) in [7, 11) is 0. The van der Waals surface area contributed by atoms with E-state index in [0.29, 0.717) is 18.7 Å². The number of nitrogens with two attached hydrogens (primary N) is 1. The molecule has 1 aromatic carbocycles. The molecule has 2 N–H and O–H groups in total. The number of nitrogens with zero attached hydrogens (tertiary/aromatic N) is 1. The third-order valence-corrected chi connectivity index (χ3v) is 4.24. The number of piperidine rings is 1. The molecule has 1 aromatic rings.